The molecule has 0 spiro atoms. The Morgan fingerprint density at radius 2 is 2.00 bits per heavy atom. The van der Waals surface area contributed by atoms with Gasteiger partial charge in [-0.25, -0.2) is 5.01 Å². The molecule has 1 rings (SSSR count). The maximum atomic E-state index is 5.49. The van der Waals surface area contributed by atoms with Crippen LogP contribution in [0, 0.1) is 0 Å². The Morgan fingerprint density at radius 1 is 1.31 bits per heavy atom. The molecule has 0 aromatic carbocycles. The maximum absolute atomic E-state index is 5.49. The highest BCUT2D eigenvalue weighted by molar-refractivity contribution is 5.29. The fourth-order valence-electron chi connectivity index (χ4n) is 0.846. The number of aromatic nitrogens is 3. The van der Waals surface area contributed by atoms with E-state index in [0.29, 0.717) is 11.8 Å². The van der Waals surface area contributed by atoms with Gasteiger partial charge in [-0.05, 0) is 0 Å². The highest BCUT2D eigenvalue weighted by Crippen LogP contribution is 2.02. The second kappa shape index (κ2) is 3.99. The molecule has 13 heavy (non-hydrogen) atoms. The van der Waals surface area contributed by atoms with Gasteiger partial charge in [0.25, 0.3) is 0 Å². The second-order valence-electron chi connectivity index (χ2n) is 2.79. The lowest BCUT2D eigenvalue weighted by Gasteiger charge is -2.11. The van der Waals surface area contributed by atoms with E-state index in [1.165, 1.54) is 0 Å². The van der Waals surface area contributed by atoms with Crippen molar-refractivity contribution in [1.29, 1.82) is 0 Å². The summed E-state index contributed by atoms with van der Waals surface area (Å²) in [5.41, 5.74) is 8.40. The van der Waals surface area contributed by atoms with Crippen LogP contribution < -0.4 is 11.2 Å². The smallest absolute Gasteiger partial charge is 0.242 e. The van der Waals surface area contributed by atoms with Gasteiger partial charge in [-0.3, -0.25) is 5.43 Å². The fourth-order valence-corrected chi connectivity index (χ4v) is 0.846. The van der Waals surface area contributed by atoms with Crippen molar-refractivity contribution < 1.29 is 0 Å². The van der Waals surface area contributed by atoms with Crippen molar-refractivity contribution in [3.05, 3.63) is 5.82 Å². The summed E-state index contributed by atoms with van der Waals surface area (Å²) in [6.45, 7) is 1.97. The van der Waals surface area contributed by atoms with Crippen molar-refractivity contribution in [3.63, 3.8) is 0 Å². The molecule has 0 unspecified atom stereocenters. The van der Waals surface area contributed by atoms with E-state index in [1.807, 2.05) is 21.0 Å². The summed E-state index contributed by atoms with van der Waals surface area (Å²) in [6, 6.07) is 0. The standard InChI is InChI=1S/C7H14N6/c1-4-5-9-6(8)11-7(10-5)12-13(2)3/h4H2,1-3H3,(H3,8,9,10,11,12). The summed E-state index contributed by atoms with van der Waals surface area (Å²) in [7, 11) is 3.71. The third-order valence-electron chi connectivity index (χ3n) is 1.34. The van der Waals surface area contributed by atoms with Crippen molar-refractivity contribution >= 4 is 11.9 Å². The lowest BCUT2D eigenvalue weighted by molar-refractivity contribution is 0.488. The Labute approximate surface area is 77.2 Å². The number of nitrogens with zero attached hydrogens (tertiary/aromatic N) is 4. The molecule has 1 aromatic rings. The van der Waals surface area contributed by atoms with Crippen LogP contribution in [0.25, 0.3) is 0 Å². The van der Waals surface area contributed by atoms with Gasteiger partial charge in [0.05, 0.1) is 0 Å². The number of nitrogens with two attached hydrogens (primary N) is 1. The topological polar surface area (TPSA) is 80.0 Å². The Balaban J connectivity index is 2.88. The summed E-state index contributed by atoms with van der Waals surface area (Å²) in [5.74, 6) is 1.42. The first kappa shape index (κ1) is 9.66. The summed E-state index contributed by atoms with van der Waals surface area (Å²) in [5, 5.41) is 1.74. The number of hydrogen-bond acceptors (Lipinski definition) is 6. The molecule has 0 aliphatic rings. The Hall–Kier alpha value is -1.43. The molecule has 0 aliphatic heterocycles. The van der Waals surface area contributed by atoms with Crippen LogP contribution in [-0.2, 0) is 6.42 Å². The summed E-state index contributed by atoms with van der Waals surface area (Å²) >= 11 is 0. The van der Waals surface area contributed by atoms with E-state index in [-0.39, 0.29) is 5.95 Å². The molecule has 6 nitrogen and oxygen atoms in total. The van der Waals surface area contributed by atoms with Crippen molar-refractivity contribution in [2.75, 3.05) is 25.3 Å². The monoisotopic (exact) mass is 182 g/mol. The minimum atomic E-state index is 0.246. The highest BCUT2D eigenvalue weighted by Gasteiger charge is 2.02. The summed E-state index contributed by atoms with van der Waals surface area (Å²) < 4.78 is 0. The largest absolute Gasteiger partial charge is 0.368 e. The zero-order chi connectivity index (χ0) is 9.84. The number of rotatable bonds is 3. The van der Waals surface area contributed by atoms with Gasteiger partial charge in [-0.15, -0.1) is 0 Å². The number of nitrogens with one attached hydrogen (secondary N) is 1. The minimum Gasteiger partial charge on any atom is -0.368 e. The Kier molecular flexibility index (Phi) is 2.97. The van der Waals surface area contributed by atoms with E-state index in [4.69, 9.17) is 5.73 Å². The first-order valence-corrected chi connectivity index (χ1v) is 4.06. The molecule has 0 bridgehead atoms. The van der Waals surface area contributed by atoms with Crippen LogP contribution in [0.1, 0.15) is 12.7 Å². The highest BCUT2D eigenvalue weighted by atomic mass is 15.5. The van der Waals surface area contributed by atoms with Crippen LogP contribution in [0.5, 0.6) is 0 Å². The van der Waals surface area contributed by atoms with Crippen LogP contribution in [0.4, 0.5) is 11.9 Å². The second-order valence-corrected chi connectivity index (χ2v) is 2.79. The maximum Gasteiger partial charge on any atom is 0.242 e. The molecule has 72 valence electrons. The van der Waals surface area contributed by atoms with Gasteiger partial charge < -0.3 is 5.73 Å². The first-order chi connectivity index (χ1) is 6.11. The zero-order valence-electron chi connectivity index (χ0n) is 8.07. The van der Waals surface area contributed by atoms with Gasteiger partial charge in [-0.1, -0.05) is 6.92 Å². The molecule has 0 radical (unpaired) electrons. The molecule has 0 amide bonds. The van der Waals surface area contributed by atoms with Gasteiger partial charge in [0, 0.05) is 20.5 Å². The molecule has 1 aromatic heterocycles. The van der Waals surface area contributed by atoms with Crippen molar-refractivity contribution in [3.8, 4) is 0 Å². The van der Waals surface area contributed by atoms with E-state index < -0.39 is 0 Å². The van der Waals surface area contributed by atoms with E-state index >= 15 is 0 Å². The molecular weight excluding hydrogens is 168 g/mol. The Morgan fingerprint density at radius 3 is 2.54 bits per heavy atom. The van der Waals surface area contributed by atoms with Crippen LogP contribution >= 0.6 is 0 Å². The third-order valence-corrected chi connectivity index (χ3v) is 1.34. The van der Waals surface area contributed by atoms with Gasteiger partial charge in [0.1, 0.15) is 5.82 Å². The van der Waals surface area contributed by atoms with E-state index in [9.17, 15) is 0 Å². The van der Waals surface area contributed by atoms with Crippen molar-refractivity contribution in [2.24, 2.45) is 0 Å². The van der Waals surface area contributed by atoms with Crippen LogP contribution in [0.3, 0.4) is 0 Å². The molecular formula is C7H14N6. The van der Waals surface area contributed by atoms with Crippen LogP contribution in [-0.4, -0.2) is 34.1 Å². The molecule has 6 heteroatoms. The summed E-state index contributed by atoms with van der Waals surface area (Å²) in [4.78, 5) is 12.0. The first-order valence-electron chi connectivity index (χ1n) is 4.06. The minimum absolute atomic E-state index is 0.246. The predicted molar refractivity (Wildman–Crippen MR) is 50.9 cm³/mol. The van der Waals surface area contributed by atoms with Crippen LogP contribution in [0.2, 0.25) is 0 Å². The number of hydrogen-bond donors (Lipinski definition) is 2. The number of hydrazine groups is 1. The van der Waals surface area contributed by atoms with Crippen LogP contribution in [0.15, 0.2) is 0 Å². The zero-order valence-corrected chi connectivity index (χ0v) is 8.07. The van der Waals surface area contributed by atoms with Gasteiger partial charge in [-0.2, -0.15) is 15.0 Å². The van der Waals surface area contributed by atoms with Gasteiger partial charge in [0.15, 0.2) is 0 Å². The molecule has 0 fully saturated rings. The average molecular weight is 182 g/mol. The lowest BCUT2D eigenvalue weighted by atomic mass is 10.5. The number of nitrogen functional groups attached to an aromatic ring is 1. The number of aryl methyl sites for hydroxylation is 1. The van der Waals surface area contributed by atoms with Crippen molar-refractivity contribution in [1.82, 2.24) is 20.0 Å². The van der Waals surface area contributed by atoms with Gasteiger partial charge in [0.2, 0.25) is 11.9 Å². The summed E-state index contributed by atoms with van der Waals surface area (Å²) in [6.07, 6.45) is 0.745. The van der Waals surface area contributed by atoms with E-state index in [0.717, 1.165) is 6.42 Å². The molecule has 0 atom stereocenters. The molecule has 0 saturated heterocycles. The van der Waals surface area contributed by atoms with E-state index in [2.05, 4.69) is 20.4 Å². The van der Waals surface area contributed by atoms with Crippen molar-refractivity contribution in [2.45, 2.75) is 13.3 Å². The van der Waals surface area contributed by atoms with E-state index in [1.54, 1.807) is 5.01 Å². The number of anilines is 2. The third kappa shape index (κ3) is 2.83. The van der Waals surface area contributed by atoms with Gasteiger partial charge >= 0.3 is 0 Å². The Bertz CT molecular complexity index is 284. The lowest BCUT2D eigenvalue weighted by Crippen LogP contribution is -2.22. The quantitative estimate of drug-likeness (QED) is 0.636. The molecule has 3 N–H and O–H groups in total. The molecule has 1 heterocycles. The predicted octanol–water partition coefficient (Wildman–Crippen LogP) is -0.0953. The fraction of sp³-hybridized carbons (Fsp3) is 0.571. The normalized spacial score (nSPS) is 10.5. The molecule has 0 aliphatic carbocycles. The molecule has 0 saturated carbocycles. The SMILES string of the molecule is CCc1nc(N)nc(NN(C)C)n1. The average Bonchev–Trinajstić information content (AvgIpc) is 2.01.